The van der Waals surface area contributed by atoms with E-state index in [0.717, 1.165) is 23.6 Å². The fourth-order valence-electron chi connectivity index (χ4n) is 1.71. The lowest BCUT2D eigenvalue weighted by atomic mass is 10.2. The number of aryl methyl sites for hydroxylation is 1. The molecule has 0 aliphatic carbocycles. The van der Waals surface area contributed by atoms with Gasteiger partial charge < -0.3 is 0 Å². The molecular weight excluding hydrogens is 236 g/mol. The normalized spacial score (nSPS) is 10.6. The molecule has 0 aliphatic rings. The zero-order valence-corrected chi connectivity index (χ0v) is 10.2. The van der Waals surface area contributed by atoms with Crippen LogP contribution < -0.4 is 0 Å². The predicted molar refractivity (Wildman–Crippen MR) is 69.2 cm³/mol. The lowest BCUT2D eigenvalue weighted by Crippen LogP contribution is -2.00. The van der Waals surface area contributed by atoms with Crippen LogP contribution in [0, 0.1) is 0 Å². The molecule has 1 aromatic carbocycles. The molecule has 2 aromatic rings. The summed E-state index contributed by atoms with van der Waals surface area (Å²) in [5, 5.41) is 6.01. The molecule has 0 fully saturated rings. The minimum atomic E-state index is 0.609. The first-order valence-corrected chi connectivity index (χ1v) is 5.84. The van der Waals surface area contributed by atoms with Gasteiger partial charge in [0.2, 0.25) is 0 Å². The second-order valence-electron chi connectivity index (χ2n) is 3.91. The van der Waals surface area contributed by atoms with E-state index < -0.39 is 0 Å². The van der Waals surface area contributed by atoms with Gasteiger partial charge in [-0.15, -0.1) is 0 Å². The second kappa shape index (κ2) is 5.15. The molecule has 0 saturated heterocycles. The van der Waals surface area contributed by atoms with Crippen LogP contribution in [-0.2, 0) is 11.3 Å². The van der Waals surface area contributed by atoms with Gasteiger partial charge in [-0.25, -0.2) is 0 Å². The zero-order chi connectivity index (χ0) is 12.3. The molecule has 0 radical (unpaired) electrons. The fourth-order valence-corrected chi connectivity index (χ4v) is 1.99. The molecule has 3 nitrogen and oxygen atoms in total. The monoisotopic (exact) mass is 248 g/mol. The summed E-state index contributed by atoms with van der Waals surface area (Å²) in [6.45, 7) is 4.33. The first kappa shape index (κ1) is 11.9. The molecule has 4 heteroatoms. The smallest absolute Gasteiger partial charge is 0.145 e. The molecule has 2 rings (SSSR count). The summed E-state index contributed by atoms with van der Waals surface area (Å²) in [6, 6.07) is 7.76. The van der Waals surface area contributed by atoms with Crippen molar-refractivity contribution < 1.29 is 4.79 Å². The third-order valence-electron chi connectivity index (χ3n) is 2.62. The van der Waals surface area contributed by atoms with E-state index in [2.05, 4.69) is 11.7 Å². The summed E-state index contributed by atoms with van der Waals surface area (Å²) in [7, 11) is 0. The average Bonchev–Trinajstić information content (AvgIpc) is 2.67. The summed E-state index contributed by atoms with van der Waals surface area (Å²) in [5.41, 5.74) is 1.50. The Morgan fingerprint density at radius 2 is 2.24 bits per heavy atom. The van der Waals surface area contributed by atoms with Gasteiger partial charge >= 0.3 is 0 Å². The van der Waals surface area contributed by atoms with Crippen LogP contribution in [-0.4, -0.2) is 16.1 Å². The number of allylic oxidation sites excluding steroid dienone is 1. The average molecular weight is 249 g/mol. The van der Waals surface area contributed by atoms with Crippen LogP contribution in [0.1, 0.15) is 12.8 Å². The SMILES string of the molecule is C=C(C=O)CCCn1nc2ccccc2c1Cl. The molecule has 0 unspecified atom stereocenters. The van der Waals surface area contributed by atoms with E-state index in [1.54, 1.807) is 4.68 Å². The quantitative estimate of drug-likeness (QED) is 0.602. The fraction of sp³-hybridized carbons (Fsp3) is 0.231. The summed E-state index contributed by atoms with van der Waals surface area (Å²) in [5.74, 6) is 0. The number of aldehydes is 1. The highest BCUT2D eigenvalue weighted by Gasteiger charge is 2.07. The molecule has 0 N–H and O–H groups in total. The van der Waals surface area contributed by atoms with Gasteiger partial charge in [0, 0.05) is 11.9 Å². The number of rotatable bonds is 5. The van der Waals surface area contributed by atoms with Crippen molar-refractivity contribution in [2.45, 2.75) is 19.4 Å². The first-order valence-electron chi connectivity index (χ1n) is 5.46. The lowest BCUT2D eigenvalue weighted by molar-refractivity contribution is -0.105. The van der Waals surface area contributed by atoms with Crippen LogP contribution in [0.25, 0.3) is 10.9 Å². The van der Waals surface area contributed by atoms with E-state index in [0.29, 0.717) is 23.7 Å². The molecule has 0 bridgehead atoms. The van der Waals surface area contributed by atoms with Crippen LogP contribution in [0.2, 0.25) is 5.15 Å². The molecular formula is C13H13ClN2O. The Labute approximate surface area is 105 Å². The molecule has 0 saturated carbocycles. The molecule has 0 aliphatic heterocycles. The van der Waals surface area contributed by atoms with Gasteiger partial charge in [0.1, 0.15) is 11.4 Å². The molecule has 88 valence electrons. The van der Waals surface area contributed by atoms with Gasteiger partial charge in [0.25, 0.3) is 0 Å². The zero-order valence-electron chi connectivity index (χ0n) is 9.40. The number of aromatic nitrogens is 2. The van der Waals surface area contributed by atoms with Gasteiger partial charge in [-0.3, -0.25) is 9.48 Å². The number of nitrogens with zero attached hydrogens (tertiary/aromatic N) is 2. The van der Waals surface area contributed by atoms with E-state index in [1.165, 1.54) is 0 Å². The molecule has 0 atom stereocenters. The number of halogens is 1. The van der Waals surface area contributed by atoms with Crippen LogP contribution in [0.4, 0.5) is 0 Å². The molecule has 17 heavy (non-hydrogen) atoms. The van der Waals surface area contributed by atoms with Crippen LogP contribution in [0.15, 0.2) is 36.4 Å². The molecule has 1 aromatic heterocycles. The van der Waals surface area contributed by atoms with E-state index in [4.69, 9.17) is 11.6 Å². The minimum absolute atomic E-state index is 0.609. The Morgan fingerprint density at radius 1 is 1.47 bits per heavy atom. The highest BCUT2D eigenvalue weighted by Crippen LogP contribution is 2.23. The van der Waals surface area contributed by atoms with E-state index in [1.807, 2.05) is 24.3 Å². The summed E-state index contributed by atoms with van der Waals surface area (Å²) >= 11 is 6.21. The van der Waals surface area contributed by atoms with Crippen LogP contribution in [0.3, 0.4) is 0 Å². The van der Waals surface area contributed by atoms with E-state index in [-0.39, 0.29) is 0 Å². The van der Waals surface area contributed by atoms with Crippen molar-refractivity contribution in [1.82, 2.24) is 9.78 Å². The van der Waals surface area contributed by atoms with Gasteiger partial charge in [-0.05, 0) is 30.5 Å². The summed E-state index contributed by atoms with van der Waals surface area (Å²) in [4.78, 5) is 10.4. The third kappa shape index (κ3) is 2.56. The first-order chi connectivity index (χ1) is 8.22. The highest BCUT2D eigenvalue weighted by molar-refractivity contribution is 6.34. The van der Waals surface area contributed by atoms with Gasteiger partial charge in [-0.2, -0.15) is 5.10 Å². The number of carbonyl (C=O) groups is 1. The maximum absolute atomic E-state index is 10.4. The summed E-state index contributed by atoms with van der Waals surface area (Å²) < 4.78 is 1.77. The van der Waals surface area contributed by atoms with Gasteiger partial charge in [0.05, 0.1) is 5.52 Å². The minimum Gasteiger partial charge on any atom is -0.298 e. The van der Waals surface area contributed by atoms with Crippen molar-refractivity contribution in [3.63, 3.8) is 0 Å². The molecule has 1 heterocycles. The Hall–Kier alpha value is -1.61. The largest absolute Gasteiger partial charge is 0.298 e. The number of fused-ring (bicyclic) bond motifs is 1. The van der Waals surface area contributed by atoms with Crippen LogP contribution >= 0.6 is 11.6 Å². The summed E-state index contributed by atoms with van der Waals surface area (Å²) in [6.07, 6.45) is 2.28. The van der Waals surface area contributed by atoms with Gasteiger partial charge in [0.15, 0.2) is 0 Å². The molecule has 0 spiro atoms. The predicted octanol–water partition coefficient (Wildman–Crippen LogP) is 3.23. The Kier molecular flexibility index (Phi) is 3.59. The van der Waals surface area contributed by atoms with Crippen molar-refractivity contribution in [2.75, 3.05) is 0 Å². The number of carbonyl (C=O) groups excluding carboxylic acids is 1. The number of hydrogen-bond acceptors (Lipinski definition) is 2. The Morgan fingerprint density at radius 3 is 2.94 bits per heavy atom. The maximum atomic E-state index is 10.4. The van der Waals surface area contributed by atoms with Crippen molar-refractivity contribution in [3.8, 4) is 0 Å². The number of hydrogen-bond donors (Lipinski definition) is 0. The Bertz CT molecular complexity index is 560. The topological polar surface area (TPSA) is 34.9 Å². The van der Waals surface area contributed by atoms with Crippen molar-refractivity contribution >= 4 is 28.8 Å². The van der Waals surface area contributed by atoms with Crippen molar-refractivity contribution in [1.29, 1.82) is 0 Å². The van der Waals surface area contributed by atoms with E-state index >= 15 is 0 Å². The van der Waals surface area contributed by atoms with E-state index in [9.17, 15) is 4.79 Å². The van der Waals surface area contributed by atoms with Crippen LogP contribution in [0.5, 0.6) is 0 Å². The second-order valence-corrected chi connectivity index (χ2v) is 4.27. The van der Waals surface area contributed by atoms with Gasteiger partial charge in [-0.1, -0.05) is 30.3 Å². The maximum Gasteiger partial charge on any atom is 0.145 e. The van der Waals surface area contributed by atoms with Crippen molar-refractivity contribution in [3.05, 3.63) is 41.6 Å². The Balaban J connectivity index is 2.11. The standard InChI is InChI=1S/C13H13ClN2O/c1-10(9-17)5-4-8-16-13(14)11-6-2-3-7-12(11)15-16/h2-3,6-7,9H,1,4-5,8H2. The highest BCUT2D eigenvalue weighted by atomic mass is 35.5. The lowest BCUT2D eigenvalue weighted by Gasteiger charge is -2.02. The number of benzene rings is 1. The third-order valence-corrected chi connectivity index (χ3v) is 3.01. The molecule has 0 amide bonds. The van der Waals surface area contributed by atoms with Crippen molar-refractivity contribution in [2.24, 2.45) is 0 Å².